The first-order valence-corrected chi connectivity index (χ1v) is 6.05. The second-order valence-electron chi connectivity index (χ2n) is 4.36. The van der Waals surface area contributed by atoms with Gasteiger partial charge in [-0.25, -0.2) is 8.78 Å². The second kappa shape index (κ2) is 5.79. The highest BCUT2D eigenvalue weighted by molar-refractivity contribution is 6.05. The fraction of sp³-hybridized carbons (Fsp3) is 0.133. The lowest BCUT2D eigenvalue weighted by Crippen LogP contribution is -2.26. The number of halogens is 2. The van der Waals surface area contributed by atoms with Crippen molar-refractivity contribution in [1.29, 1.82) is 0 Å². The van der Waals surface area contributed by atoms with Crippen molar-refractivity contribution in [3.63, 3.8) is 0 Å². The molecule has 0 aliphatic heterocycles. The van der Waals surface area contributed by atoms with Crippen LogP contribution in [0.15, 0.2) is 42.5 Å². The van der Waals surface area contributed by atoms with E-state index in [1.165, 1.54) is 11.0 Å². The van der Waals surface area contributed by atoms with Gasteiger partial charge in [0, 0.05) is 24.8 Å². The number of anilines is 1. The minimum Gasteiger partial charge on any atom is -0.326 e. The molecule has 1 amide bonds. The van der Waals surface area contributed by atoms with Crippen LogP contribution in [0.25, 0.3) is 0 Å². The number of hydrogen-bond acceptors (Lipinski definition) is 2. The SMILES string of the molecule is CN(C(=O)c1ccc(F)c(F)c1)c1ccc(CN)cc1. The van der Waals surface area contributed by atoms with E-state index in [-0.39, 0.29) is 5.56 Å². The molecule has 0 saturated carbocycles. The largest absolute Gasteiger partial charge is 0.326 e. The van der Waals surface area contributed by atoms with Crippen molar-refractivity contribution in [3.8, 4) is 0 Å². The van der Waals surface area contributed by atoms with Crippen LogP contribution in [0.3, 0.4) is 0 Å². The first-order valence-electron chi connectivity index (χ1n) is 6.05. The summed E-state index contributed by atoms with van der Waals surface area (Å²) in [7, 11) is 1.57. The third kappa shape index (κ3) is 2.83. The number of hydrogen-bond donors (Lipinski definition) is 1. The Bertz CT molecular complexity index is 626. The van der Waals surface area contributed by atoms with Crippen LogP contribution >= 0.6 is 0 Å². The molecule has 0 aliphatic carbocycles. The maximum Gasteiger partial charge on any atom is 0.258 e. The monoisotopic (exact) mass is 276 g/mol. The number of carbonyl (C=O) groups excluding carboxylic acids is 1. The third-order valence-corrected chi connectivity index (χ3v) is 3.03. The molecule has 0 heterocycles. The van der Waals surface area contributed by atoms with Gasteiger partial charge in [-0.1, -0.05) is 12.1 Å². The van der Waals surface area contributed by atoms with Crippen molar-refractivity contribution in [2.75, 3.05) is 11.9 Å². The highest BCUT2D eigenvalue weighted by Crippen LogP contribution is 2.17. The topological polar surface area (TPSA) is 46.3 Å². The summed E-state index contributed by atoms with van der Waals surface area (Å²) in [4.78, 5) is 13.5. The first kappa shape index (κ1) is 14.1. The molecular weight excluding hydrogens is 262 g/mol. The summed E-state index contributed by atoms with van der Waals surface area (Å²) in [5.74, 6) is -2.43. The maximum atomic E-state index is 13.1. The first-order chi connectivity index (χ1) is 9.52. The van der Waals surface area contributed by atoms with E-state index in [0.29, 0.717) is 12.2 Å². The summed E-state index contributed by atoms with van der Waals surface area (Å²) in [6.45, 7) is 0.418. The molecule has 0 atom stereocenters. The quantitative estimate of drug-likeness (QED) is 0.937. The Morgan fingerprint density at radius 1 is 1.10 bits per heavy atom. The van der Waals surface area contributed by atoms with Gasteiger partial charge >= 0.3 is 0 Å². The van der Waals surface area contributed by atoms with Gasteiger partial charge in [0.25, 0.3) is 5.91 Å². The minimum absolute atomic E-state index is 0.0919. The van der Waals surface area contributed by atoms with Crippen molar-refractivity contribution in [2.24, 2.45) is 5.73 Å². The Kier molecular flexibility index (Phi) is 4.10. The smallest absolute Gasteiger partial charge is 0.258 e. The second-order valence-corrected chi connectivity index (χ2v) is 4.36. The van der Waals surface area contributed by atoms with Crippen molar-refractivity contribution in [2.45, 2.75) is 6.54 Å². The van der Waals surface area contributed by atoms with Crippen molar-refractivity contribution in [3.05, 3.63) is 65.2 Å². The van der Waals surface area contributed by atoms with Gasteiger partial charge in [0.15, 0.2) is 11.6 Å². The zero-order chi connectivity index (χ0) is 14.7. The Labute approximate surface area is 115 Å². The molecule has 0 unspecified atom stereocenters. The van der Waals surface area contributed by atoms with E-state index in [9.17, 15) is 13.6 Å². The Balaban J connectivity index is 2.24. The number of amides is 1. The predicted molar refractivity (Wildman–Crippen MR) is 73.4 cm³/mol. The van der Waals surface area contributed by atoms with Crippen molar-refractivity contribution in [1.82, 2.24) is 0 Å². The van der Waals surface area contributed by atoms with Gasteiger partial charge in [-0.05, 0) is 35.9 Å². The van der Waals surface area contributed by atoms with E-state index >= 15 is 0 Å². The van der Waals surface area contributed by atoms with Crippen LogP contribution in [0.2, 0.25) is 0 Å². The highest BCUT2D eigenvalue weighted by atomic mass is 19.2. The Hall–Kier alpha value is -2.27. The van der Waals surface area contributed by atoms with Crippen LogP contribution in [-0.4, -0.2) is 13.0 Å². The Morgan fingerprint density at radius 2 is 1.75 bits per heavy atom. The average Bonchev–Trinajstić information content (AvgIpc) is 2.48. The van der Waals surface area contributed by atoms with Gasteiger partial charge in [-0.2, -0.15) is 0 Å². The van der Waals surface area contributed by atoms with Gasteiger partial charge in [0.05, 0.1) is 0 Å². The maximum absolute atomic E-state index is 13.1. The van der Waals surface area contributed by atoms with Gasteiger partial charge in [-0.15, -0.1) is 0 Å². The molecule has 0 spiro atoms. The molecule has 0 bridgehead atoms. The number of nitrogens with two attached hydrogens (primary N) is 1. The molecule has 5 heteroatoms. The van der Waals surface area contributed by atoms with Gasteiger partial charge in [0.2, 0.25) is 0 Å². The number of nitrogens with zero attached hydrogens (tertiary/aromatic N) is 1. The van der Waals surface area contributed by atoms with Crippen LogP contribution in [0.5, 0.6) is 0 Å². The fourth-order valence-electron chi connectivity index (χ4n) is 1.80. The number of carbonyl (C=O) groups is 1. The molecule has 0 aromatic heterocycles. The minimum atomic E-state index is -1.04. The van der Waals surface area contributed by atoms with Crippen LogP contribution in [-0.2, 0) is 6.54 Å². The lowest BCUT2D eigenvalue weighted by molar-refractivity contribution is 0.0992. The highest BCUT2D eigenvalue weighted by Gasteiger charge is 2.15. The van der Waals surface area contributed by atoms with Crippen LogP contribution in [0.4, 0.5) is 14.5 Å². The number of benzene rings is 2. The lowest BCUT2D eigenvalue weighted by atomic mass is 10.1. The summed E-state index contributed by atoms with van der Waals surface area (Å²) in [5.41, 5.74) is 7.19. The molecule has 104 valence electrons. The van der Waals surface area contributed by atoms with E-state index in [1.54, 1.807) is 19.2 Å². The van der Waals surface area contributed by atoms with Gasteiger partial charge < -0.3 is 10.6 Å². The van der Waals surface area contributed by atoms with E-state index in [4.69, 9.17) is 5.73 Å². The summed E-state index contributed by atoms with van der Waals surface area (Å²) >= 11 is 0. The zero-order valence-electron chi connectivity index (χ0n) is 10.9. The van der Waals surface area contributed by atoms with E-state index in [1.807, 2.05) is 12.1 Å². The summed E-state index contributed by atoms with van der Waals surface area (Å²) < 4.78 is 26.0. The average molecular weight is 276 g/mol. The predicted octanol–water partition coefficient (Wildman–Crippen LogP) is 2.70. The summed E-state index contributed by atoms with van der Waals surface area (Å²) in [5, 5.41) is 0. The lowest BCUT2D eigenvalue weighted by Gasteiger charge is -2.17. The Morgan fingerprint density at radius 3 is 2.30 bits per heavy atom. The van der Waals surface area contributed by atoms with E-state index in [2.05, 4.69) is 0 Å². The fourth-order valence-corrected chi connectivity index (χ4v) is 1.80. The molecule has 2 rings (SSSR count). The number of rotatable bonds is 3. The van der Waals surface area contributed by atoms with Crippen LogP contribution < -0.4 is 10.6 Å². The summed E-state index contributed by atoms with van der Waals surface area (Å²) in [6.07, 6.45) is 0. The standard InChI is InChI=1S/C15H14F2N2O/c1-19(12-5-2-10(9-18)3-6-12)15(20)11-4-7-13(16)14(17)8-11/h2-8H,9,18H2,1H3. The third-order valence-electron chi connectivity index (χ3n) is 3.03. The molecule has 0 fully saturated rings. The molecule has 20 heavy (non-hydrogen) atoms. The molecule has 2 aromatic rings. The van der Waals surface area contributed by atoms with E-state index < -0.39 is 17.5 Å². The van der Waals surface area contributed by atoms with Gasteiger partial charge in [0.1, 0.15) is 0 Å². The molecule has 2 N–H and O–H groups in total. The molecule has 3 nitrogen and oxygen atoms in total. The van der Waals surface area contributed by atoms with E-state index in [0.717, 1.165) is 17.7 Å². The summed E-state index contributed by atoms with van der Waals surface area (Å²) in [6, 6.07) is 10.2. The molecule has 0 saturated heterocycles. The molecular formula is C15H14F2N2O. The normalized spacial score (nSPS) is 10.4. The van der Waals surface area contributed by atoms with Crippen LogP contribution in [0.1, 0.15) is 15.9 Å². The van der Waals surface area contributed by atoms with Crippen molar-refractivity contribution < 1.29 is 13.6 Å². The van der Waals surface area contributed by atoms with Crippen molar-refractivity contribution >= 4 is 11.6 Å². The molecule has 0 radical (unpaired) electrons. The zero-order valence-corrected chi connectivity index (χ0v) is 10.9. The molecule has 2 aromatic carbocycles. The van der Waals surface area contributed by atoms with Gasteiger partial charge in [-0.3, -0.25) is 4.79 Å². The molecule has 0 aliphatic rings. The van der Waals surface area contributed by atoms with Crippen LogP contribution in [0, 0.1) is 11.6 Å².